The predicted molar refractivity (Wildman–Crippen MR) is 63.6 cm³/mol. The van der Waals surface area contributed by atoms with E-state index in [1.165, 1.54) is 11.3 Å². The Morgan fingerprint density at radius 3 is 2.64 bits per heavy atom. The monoisotopic (exact) mass is 338 g/mol. The molecule has 2 N–H and O–H groups in total. The van der Waals surface area contributed by atoms with Crippen molar-refractivity contribution in [1.82, 2.24) is 4.90 Å². The SMILES string of the molecule is NC1CN(C(=O)c2cc(Br)c(Br)s2)C1. The van der Waals surface area contributed by atoms with Gasteiger partial charge in [-0.05, 0) is 37.9 Å². The minimum absolute atomic E-state index is 0.0723. The Hall–Kier alpha value is 0.0900. The highest BCUT2D eigenvalue weighted by atomic mass is 79.9. The van der Waals surface area contributed by atoms with Crippen LogP contribution in [-0.4, -0.2) is 29.9 Å². The molecule has 1 amide bonds. The summed E-state index contributed by atoms with van der Waals surface area (Å²) in [6.07, 6.45) is 0. The van der Waals surface area contributed by atoms with Crippen LogP contribution in [0.4, 0.5) is 0 Å². The molecule has 1 fully saturated rings. The summed E-state index contributed by atoms with van der Waals surface area (Å²) < 4.78 is 1.88. The van der Waals surface area contributed by atoms with Gasteiger partial charge in [-0.15, -0.1) is 11.3 Å². The van der Waals surface area contributed by atoms with E-state index in [4.69, 9.17) is 5.73 Å². The molecule has 0 saturated carbocycles. The maximum Gasteiger partial charge on any atom is 0.264 e. The minimum Gasteiger partial charge on any atom is -0.335 e. The normalized spacial score (nSPS) is 16.9. The van der Waals surface area contributed by atoms with Crippen molar-refractivity contribution in [3.05, 3.63) is 19.2 Å². The van der Waals surface area contributed by atoms with Gasteiger partial charge in [-0.25, -0.2) is 0 Å². The Morgan fingerprint density at radius 1 is 1.57 bits per heavy atom. The third-order valence-electron chi connectivity index (χ3n) is 2.05. The third-order valence-corrected chi connectivity index (χ3v) is 5.30. The van der Waals surface area contributed by atoms with E-state index in [-0.39, 0.29) is 11.9 Å². The van der Waals surface area contributed by atoms with Crippen molar-refractivity contribution in [3.8, 4) is 0 Å². The maximum absolute atomic E-state index is 11.8. The Balaban J connectivity index is 2.12. The molecule has 0 unspecified atom stereocenters. The first kappa shape index (κ1) is 10.6. The van der Waals surface area contributed by atoms with Crippen molar-refractivity contribution in [2.75, 3.05) is 13.1 Å². The standard InChI is InChI=1S/C8H8Br2N2OS/c9-5-1-6(14-7(5)10)8(13)12-2-4(11)3-12/h1,4H,2-3,11H2. The molecule has 0 radical (unpaired) electrons. The van der Waals surface area contributed by atoms with Crippen LogP contribution in [-0.2, 0) is 0 Å². The van der Waals surface area contributed by atoms with Gasteiger partial charge in [-0.1, -0.05) is 0 Å². The van der Waals surface area contributed by atoms with Crippen LogP contribution in [0.2, 0.25) is 0 Å². The van der Waals surface area contributed by atoms with Gasteiger partial charge in [0.25, 0.3) is 5.91 Å². The van der Waals surface area contributed by atoms with E-state index in [0.717, 1.165) is 13.1 Å². The summed E-state index contributed by atoms with van der Waals surface area (Å²) >= 11 is 8.15. The van der Waals surface area contributed by atoms with E-state index in [2.05, 4.69) is 31.9 Å². The number of halogens is 2. The first-order chi connectivity index (χ1) is 6.58. The number of carbonyl (C=O) groups excluding carboxylic acids is 1. The molecule has 1 saturated heterocycles. The topological polar surface area (TPSA) is 46.3 Å². The number of thiophene rings is 1. The van der Waals surface area contributed by atoms with Crippen molar-refractivity contribution in [1.29, 1.82) is 0 Å². The number of amides is 1. The molecule has 1 aromatic heterocycles. The van der Waals surface area contributed by atoms with Crippen molar-refractivity contribution in [3.63, 3.8) is 0 Å². The fourth-order valence-corrected chi connectivity index (χ4v) is 3.29. The van der Waals surface area contributed by atoms with E-state index < -0.39 is 0 Å². The Labute approximate surface area is 103 Å². The number of likely N-dealkylation sites (tertiary alicyclic amines) is 1. The van der Waals surface area contributed by atoms with Crippen LogP contribution >= 0.6 is 43.2 Å². The molecule has 6 heteroatoms. The van der Waals surface area contributed by atoms with Crippen LogP contribution in [0.15, 0.2) is 14.3 Å². The average Bonchev–Trinajstić information content (AvgIpc) is 2.41. The molecule has 14 heavy (non-hydrogen) atoms. The zero-order valence-corrected chi connectivity index (χ0v) is 11.2. The highest BCUT2D eigenvalue weighted by Gasteiger charge is 2.29. The summed E-state index contributed by atoms with van der Waals surface area (Å²) in [5, 5.41) is 0. The van der Waals surface area contributed by atoms with Crippen LogP contribution in [0, 0.1) is 0 Å². The molecule has 76 valence electrons. The average molecular weight is 340 g/mol. The Bertz CT molecular complexity index is 354. The second-order valence-electron chi connectivity index (χ2n) is 3.20. The van der Waals surface area contributed by atoms with Crippen LogP contribution in [0.3, 0.4) is 0 Å². The van der Waals surface area contributed by atoms with Crippen molar-refractivity contribution < 1.29 is 4.79 Å². The van der Waals surface area contributed by atoms with Crippen molar-refractivity contribution >= 4 is 49.1 Å². The summed E-state index contributed by atoms with van der Waals surface area (Å²) in [6.45, 7) is 1.35. The molecule has 0 aliphatic carbocycles. The molecular formula is C8H8Br2N2OS. The summed E-state index contributed by atoms with van der Waals surface area (Å²) in [5.41, 5.74) is 5.61. The van der Waals surface area contributed by atoms with E-state index in [1.54, 1.807) is 4.90 Å². The van der Waals surface area contributed by atoms with Crippen LogP contribution < -0.4 is 5.73 Å². The fourth-order valence-electron chi connectivity index (χ4n) is 1.29. The fraction of sp³-hybridized carbons (Fsp3) is 0.375. The van der Waals surface area contributed by atoms with Crippen molar-refractivity contribution in [2.45, 2.75) is 6.04 Å². The molecule has 3 nitrogen and oxygen atoms in total. The molecule has 0 aromatic carbocycles. The lowest BCUT2D eigenvalue weighted by Crippen LogP contribution is -2.57. The van der Waals surface area contributed by atoms with Gasteiger partial charge < -0.3 is 10.6 Å². The highest BCUT2D eigenvalue weighted by Crippen LogP contribution is 2.33. The summed E-state index contributed by atoms with van der Waals surface area (Å²) in [7, 11) is 0. The number of nitrogens with two attached hydrogens (primary N) is 1. The molecule has 1 aromatic rings. The lowest BCUT2D eigenvalue weighted by molar-refractivity contribution is 0.0613. The summed E-state index contributed by atoms with van der Waals surface area (Å²) in [4.78, 5) is 14.3. The van der Waals surface area contributed by atoms with E-state index in [1.807, 2.05) is 6.07 Å². The van der Waals surface area contributed by atoms with E-state index in [0.29, 0.717) is 13.1 Å². The highest BCUT2D eigenvalue weighted by molar-refractivity contribution is 9.13. The first-order valence-corrected chi connectivity index (χ1v) is 6.48. The predicted octanol–water partition coefficient (Wildman–Crippen LogP) is 2.06. The quantitative estimate of drug-likeness (QED) is 0.851. The molecular weight excluding hydrogens is 332 g/mol. The zero-order valence-electron chi connectivity index (χ0n) is 7.17. The zero-order chi connectivity index (χ0) is 10.3. The lowest BCUT2D eigenvalue weighted by atomic mass is 10.1. The number of rotatable bonds is 1. The molecule has 0 atom stereocenters. The maximum atomic E-state index is 11.8. The summed E-state index contributed by atoms with van der Waals surface area (Å²) in [6, 6.07) is 1.99. The minimum atomic E-state index is 0.0723. The smallest absolute Gasteiger partial charge is 0.264 e. The second kappa shape index (κ2) is 3.92. The Morgan fingerprint density at radius 2 is 2.21 bits per heavy atom. The van der Waals surface area contributed by atoms with Crippen LogP contribution in [0.5, 0.6) is 0 Å². The molecule has 2 heterocycles. The number of hydrogen-bond donors (Lipinski definition) is 1. The van der Waals surface area contributed by atoms with Gasteiger partial charge in [-0.3, -0.25) is 4.79 Å². The van der Waals surface area contributed by atoms with E-state index in [9.17, 15) is 4.79 Å². The van der Waals surface area contributed by atoms with Gasteiger partial charge in [0.1, 0.15) is 0 Å². The Kier molecular flexibility index (Phi) is 2.97. The van der Waals surface area contributed by atoms with Gasteiger partial charge in [0, 0.05) is 23.6 Å². The second-order valence-corrected chi connectivity index (χ2v) is 6.43. The lowest BCUT2D eigenvalue weighted by Gasteiger charge is -2.36. The van der Waals surface area contributed by atoms with Gasteiger partial charge in [0.2, 0.25) is 0 Å². The van der Waals surface area contributed by atoms with Gasteiger partial charge >= 0.3 is 0 Å². The van der Waals surface area contributed by atoms with Crippen molar-refractivity contribution in [2.24, 2.45) is 5.73 Å². The third kappa shape index (κ3) is 1.88. The molecule has 1 aliphatic rings. The largest absolute Gasteiger partial charge is 0.335 e. The molecule has 0 bridgehead atoms. The van der Waals surface area contributed by atoms with Gasteiger partial charge in [-0.2, -0.15) is 0 Å². The van der Waals surface area contributed by atoms with E-state index >= 15 is 0 Å². The van der Waals surface area contributed by atoms with Crippen LogP contribution in [0.1, 0.15) is 9.67 Å². The van der Waals surface area contributed by atoms with Crippen LogP contribution in [0.25, 0.3) is 0 Å². The number of carbonyl (C=O) groups is 1. The number of hydrogen-bond acceptors (Lipinski definition) is 3. The van der Waals surface area contributed by atoms with Gasteiger partial charge in [0.05, 0.1) is 8.66 Å². The summed E-state index contributed by atoms with van der Waals surface area (Å²) in [5.74, 6) is 0.0723. The molecule has 2 rings (SSSR count). The molecule has 1 aliphatic heterocycles. The van der Waals surface area contributed by atoms with Gasteiger partial charge in [0.15, 0.2) is 0 Å². The number of nitrogens with zero attached hydrogens (tertiary/aromatic N) is 1. The molecule has 0 spiro atoms. The first-order valence-electron chi connectivity index (χ1n) is 4.07.